The first-order chi connectivity index (χ1) is 9.86. The molecule has 1 aliphatic rings. The zero-order valence-corrected chi connectivity index (χ0v) is 12.1. The lowest BCUT2D eigenvalue weighted by molar-refractivity contribution is -0.387. The number of hydrogen-bond acceptors (Lipinski definition) is 6. The van der Waals surface area contributed by atoms with Crippen LogP contribution in [0.15, 0.2) is 23.1 Å². The summed E-state index contributed by atoms with van der Waals surface area (Å²) in [5, 5.41) is 20.2. The van der Waals surface area contributed by atoms with Crippen LogP contribution in [0.25, 0.3) is 0 Å². The predicted molar refractivity (Wildman–Crippen MR) is 76.1 cm³/mol. The van der Waals surface area contributed by atoms with Gasteiger partial charge in [-0.3, -0.25) is 10.1 Å². The Morgan fingerprint density at radius 1 is 1.48 bits per heavy atom. The topological polar surface area (TPSA) is 127 Å². The van der Waals surface area contributed by atoms with Crippen LogP contribution in [-0.4, -0.2) is 42.4 Å². The van der Waals surface area contributed by atoms with Gasteiger partial charge in [0.05, 0.1) is 4.92 Å². The van der Waals surface area contributed by atoms with E-state index in [0.29, 0.717) is 13.0 Å². The first-order valence-corrected chi connectivity index (χ1v) is 7.95. The molecule has 3 N–H and O–H groups in total. The fourth-order valence-electron chi connectivity index (χ4n) is 2.43. The number of hydrogen-bond donors (Lipinski definition) is 2. The highest BCUT2D eigenvalue weighted by atomic mass is 32.2. The average Bonchev–Trinajstić information content (AvgIpc) is 2.46. The average molecular weight is 315 g/mol. The first kappa shape index (κ1) is 15.7. The lowest BCUT2D eigenvalue weighted by Gasteiger charge is -2.30. The van der Waals surface area contributed by atoms with Crippen LogP contribution in [0.4, 0.5) is 11.4 Å². The zero-order valence-electron chi connectivity index (χ0n) is 11.3. The van der Waals surface area contributed by atoms with Crippen LogP contribution in [0.1, 0.15) is 12.8 Å². The Bertz CT molecular complexity index is 646. The molecule has 1 aromatic rings. The van der Waals surface area contributed by atoms with Gasteiger partial charge in [-0.2, -0.15) is 4.31 Å². The molecule has 21 heavy (non-hydrogen) atoms. The monoisotopic (exact) mass is 315 g/mol. The molecular formula is C12H17N3O5S. The number of aliphatic hydroxyl groups is 1. The van der Waals surface area contributed by atoms with Gasteiger partial charge in [0, 0.05) is 31.5 Å². The molecule has 0 radical (unpaired) electrons. The van der Waals surface area contributed by atoms with Crippen LogP contribution >= 0.6 is 0 Å². The Hall–Kier alpha value is -1.71. The van der Waals surface area contributed by atoms with Gasteiger partial charge in [0.15, 0.2) is 4.90 Å². The summed E-state index contributed by atoms with van der Waals surface area (Å²) >= 11 is 0. The number of nitrogens with two attached hydrogens (primary N) is 1. The fourth-order valence-corrected chi connectivity index (χ4v) is 4.12. The largest absolute Gasteiger partial charge is 0.399 e. The molecule has 0 aromatic heterocycles. The van der Waals surface area contributed by atoms with Crippen LogP contribution in [-0.2, 0) is 10.0 Å². The Kier molecular flexibility index (Phi) is 4.45. The normalized spacial score (nSPS) is 20.3. The number of aliphatic hydroxyl groups excluding tert-OH is 1. The van der Waals surface area contributed by atoms with Crippen molar-refractivity contribution in [2.24, 2.45) is 5.92 Å². The van der Waals surface area contributed by atoms with Gasteiger partial charge < -0.3 is 10.8 Å². The molecular weight excluding hydrogens is 298 g/mol. The summed E-state index contributed by atoms with van der Waals surface area (Å²) in [4.78, 5) is 9.94. The number of nitro benzene ring substituents is 1. The van der Waals surface area contributed by atoms with Crippen molar-refractivity contribution >= 4 is 21.4 Å². The van der Waals surface area contributed by atoms with Gasteiger partial charge in [-0.15, -0.1) is 0 Å². The van der Waals surface area contributed by atoms with Gasteiger partial charge in [-0.25, -0.2) is 8.42 Å². The van der Waals surface area contributed by atoms with Crippen molar-refractivity contribution in [3.63, 3.8) is 0 Å². The first-order valence-electron chi connectivity index (χ1n) is 6.51. The van der Waals surface area contributed by atoms with Crippen molar-refractivity contribution in [3.05, 3.63) is 28.3 Å². The molecule has 116 valence electrons. The maximum absolute atomic E-state index is 12.6. The van der Waals surface area contributed by atoms with Crippen LogP contribution < -0.4 is 5.73 Å². The van der Waals surface area contributed by atoms with Crippen LogP contribution in [0.5, 0.6) is 0 Å². The van der Waals surface area contributed by atoms with Crippen molar-refractivity contribution in [2.45, 2.75) is 17.7 Å². The van der Waals surface area contributed by atoms with E-state index in [4.69, 9.17) is 5.73 Å². The molecule has 8 nitrogen and oxygen atoms in total. The zero-order chi connectivity index (χ0) is 15.6. The second-order valence-electron chi connectivity index (χ2n) is 5.04. The molecule has 1 atom stereocenters. The smallest absolute Gasteiger partial charge is 0.291 e. The highest BCUT2D eigenvalue weighted by molar-refractivity contribution is 7.89. The molecule has 0 aliphatic carbocycles. The molecule has 0 bridgehead atoms. The summed E-state index contributed by atoms with van der Waals surface area (Å²) in [6.45, 7) is 0.358. The Balaban J connectivity index is 2.42. The lowest BCUT2D eigenvalue weighted by atomic mass is 10.0. The van der Waals surface area contributed by atoms with Gasteiger partial charge in [-0.1, -0.05) is 0 Å². The number of rotatable bonds is 4. The van der Waals surface area contributed by atoms with Gasteiger partial charge >= 0.3 is 0 Å². The van der Waals surface area contributed by atoms with Crippen LogP contribution in [0.3, 0.4) is 0 Å². The number of anilines is 1. The van der Waals surface area contributed by atoms with Crippen LogP contribution in [0, 0.1) is 16.0 Å². The molecule has 1 saturated heterocycles. The van der Waals surface area contributed by atoms with Gasteiger partial charge in [0.2, 0.25) is 10.0 Å². The van der Waals surface area contributed by atoms with Gasteiger partial charge in [0.25, 0.3) is 5.69 Å². The van der Waals surface area contributed by atoms with E-state index in [-0.39, 0.29) is 29.7 Å². The summed E-state index contributed by atoms with van der Waals surface area (Å²) in [6.07, 6.45) is 1.36. The minimum Gasteiger partial charge on any atom is -0.399 e. The molecule has 2 rings (SSSR count). The predicted octanol–water partition coefficient (Wildman–Crippen LogP) is 0.570. The van der Waals surface area contributed by atoms with Gasteiger partial charge in [-0.05, 0) is 30.9 Å². The quantitative estimate of drug-likeness (QED) is 0.475. The number of nitrogen functional groups attached to an aromatic ring is 1. The van der Waals surface area contributed by atoms with E-state index in [0.717, 1.165) is 18.6 Å². The maximum atomic E-state index is 12.6. The van der Waals surface area contributed by atoms with Crippen molar-refractivity contribution in [3.8, 4) is 0 Å². The highest BCUT2D eigenvalue weighted by Gasteiger charge is 2.34. The van der Waals surface area contributed by atoms with Crippen molar-refractivity contribution in [1.29, 1.82) is 0 Å². The summed E-state index contributed by atoms with van der Waals surface area (Å²) in [5.74, 6) is -0.138. The SMILES string of the molecule is Nc1ccc(S(=O)(=O)N2CCCC(CO)C2)c([N+](=O)[O-])c1. The van der Waals surface area contributed by atoms with E-state index in [2.05, 4.69) is 0 Å². The summed E-state index contributed by atoms with van der Waals surface area (Å²) in [7, 11) is -3.97. The molecule has 9 heteroatoms. The van der Waals surface area contributed by atoms with E-state index in [1.807, 2.05) is 0 Å². The van der Waals surface area contributed by atoms with E-state index in [1.54, 1.807) is 0 Å². The van der Waals surface area contributed by atoms with Crippen molar-refractivity contribution in [2.75, 3.05) is 25.4 Å². The second kappa shape index (κ2) is 5.96. The number of sulfonamides is 1. The lowest BCUT2D eigenvalue weighted by Crippen LogP contribution is -2.41. The third-order valence-electron chi connectivity index (χ3n) is 3.54. The minimum absolute atomic E-state index is 0.101. The standard InChI is InChI=1S/C12H17N3O5S/c13-10-3-4-12(11(6-10)15(17)18)21(19,20)14-5-1-2-9(7-14)8-16/h3-4,6,9,16H,1-2,5,7-8,13H2. The Morgan fingerprint density at radius 3 is 2.81 bits per heavy atom. The van der Waals surface area contributed by atoms with Crippen molar-refractivity contribution in [1.82, 2.24) is 4.31 Å². The van der Waals surface area contributed by atoms with E-state index in [9.17, 15) is 23.6 Å². The summed E-state index contributed by atoms with van der Waals surface area (Å²) in [5.41, 5.74) is 5.09. The number of nitrogens with zero attached hydrogens (tertiary/aromatic N) is 2. The third kappa shape index (κ3) is 3.14. The van der Waals surface area contributed by atoms with Crippen LogP contribution in [0.2, 0.25) is 0 Å². The Labute approximate surface area is 122 Å². The maximum Gasteiger partial charge on any atom is 0.291 e. The van der Waals surface area contributed by atoms with E-state index < -0.39 is 20.6 Å². The Morgan fingerprint density at radius 2 is 2.19 bits per heavy atom. The second-order valence-corrected chi connectivity index (χ2v) is 6.94. The third-order valence-corrected chi connectivity index (χ3v) is 5.45. The minimum atomic E-state index is -3.97. The van der Waals surface area contributed by atoms with Crippen molar-refractivity contribution < 1.29 is 18.4 Å². The molecule has 1 heterocycles. The number of nitro groups is 1. The molecule has 1 aromatic carbocycles. The number of benzene rings is 1. The fraction of sp³-hybridized carbons (Fsp3) is 0.500. The van der Waals surface area contributed by atoms with E-state index in [1.165, 1.54) is 10.4 Å². The summed E-state index contributed by atoms with van der Waals surface area (Å²) < 4.78 is 26.4. The number of piperidine rings is 1. The highest BCUT2D eigenvalue weighted by Crippen LogP contribution is 2.30. The summed E-state index contributed by atoms with van der Waals surface area (Å²) in [6, 6.07) is 3.53. The molecule has 1 unspecified atom stereocenters. The molecule has 0 spiro atoms. The molecule has 1 aliphatic heterocycles. The molecule has 0 saturated carbocycles. The molecule has 0 amide bonds. The van der Waals surface area contributed by atoms with E-state index >= 15 is 0 Å². The van der Waals surface area contributed by atoms with Gasteiger partial charge in [0.1, 0.15) is 0 Å². The molecule has 1 fully saturated rings.